The van der Waals surface area contributed by atoms with E-state index in [1.807, 2.05) is 0 Å². The second kappa shape index (κ2) is 8.96. The lowest BCUT2D eigenvalue weighted by Gasteiger charge is -2.23. The summed E-state index contributed by atoms with van der Waals surface area (Å²) in [6, 6.07) is 10.9. The number of hydrogen-bond acceptors (Lipinski definition) is 8. The third kappa shape index (κ3) is 5.34. The highest BCUT2D eigenvalue weighted by molar-refractivity contribution is 7.92. The van der Waals surface area contributed by atoms with Gasteiger partial charge in [-0.05, 0) is 25.1 Å². The normalized spacial score (nSPS) is 11.2. The van der Waals surface area contributed by atoms with Crippen LogP contribution in [0.4, 0.5) is 16.5 Å². The minimum atomic E-state index is -3.91. The van der Waals surface area contributed by atoms with Crippen LogP contribution in [-0.2, 0) is 14.8 Å². The van der Waals surface area contributed by atoms with Crippen molar-refractivity contribution in [1.29, 1.82) is 0 Å². The van der Waals surface area contributed by atoms with E-state index < -0.39 is 27.4 Å². The topological polar surface area (TPSA) is 135 Å². The Hall–Kier alpha value is -3.09. The molecular weight excluding hydrogens is 466 g/mol. The maximum Gasteiger partial charge on any atom is 0.274 e. The molecule has 0 saturated heterocycles. The van der Waals surface area contributed by atoms with Crippen LogP contribution in [0.5, 0.6) is 0 Å². The molecule has 0 radical (unpaired) electrons. The number of amides is 1. The van der Waals surface area contributed by atoms with Crippen molar-refractivity contribution >= 4 is 55.4 Å². The van der Waals surface area contributed by atoms with Crippen molar-refractivity contribution in [3.8, 4) is 10.6 Å². The third-order valence-electron chi connectivity index (χ3n) is 4.19. The standard InChI is InChI=1S/C18H16ClN5O5S2/c1-11-14(4-3-5-15(11)24(26)27)23(31(2,28)29)10-16(25)20-18-22-21-17(30-18)12-6-8-13(19)9-7-12/h3-9H,10H2,1-2H3,(H,20,22,25). The number of carbonyl (C=O) groups excluding carboxylic acids is 1. The second-order valence-corrected chi connectivity index (χ2v) is 9.74. The van der Waals surface area contributed by atoms with Gasteiger partial charge in [-0.2, -0.15) is 0 Å². The molecule has 3 aromatic rings. The van der Waals surface area contributed by atoms with Crippen molar-refractivity contribution in [2.45, 2.75) is 6.92 Å². The zero-order valence-corrected chi connectivity index (χ0v) is 18.7. The number of benzene rings is 2. The van der Waals surface area contributed by atoms with E-state index in [2.05, 4.69) is 15.5 Å². The van der Waals surface area contributed by atoms with E-state index in [0.717, 1.165) is 27.5 Å². The minimum absolute atomic E-state index is 0.0472. The smallest absolute Gasteiger partial charge is 0.274 e. The molecule has 162 valence electrons. The first-order valence-corrected chi connectivity index (χ1v) is 11.7. The monoisotopic (exact) mass is 481 g/mol. The van der Waals surface area contributed by atoms with Crippen molar-refractivity contribution < 1.29 is 18.1 Å². The van der Waals surface area contributed by atoms with E-state index in [9.17, 15) is 23.3 Å². The van der Waals surface area contributed by atoms with E-state index in [4.69, 9.17) is 11.6 Å². The van der Waals surface area contributed by atoms with Crippen molar-refractivity contribution in [3.63, 3.8) is 0 Å². The average molecular weight is 482 g/mol. The molecular formula is C18H16ClN5O5S2. The zero-order chi connectivity index (χ0) is 22.8. The van der Waals surface area contributed by atoms with Gasteiger partial charge in [0, 0.05) is 16.7 Å². The summed E-state index contributed by atoms with van der Waals surface area (Å²) in [6.07, 6.45) is 0.919. The highest BCUT2D eigenvalue weighted by Gasteiger charge is 2.26. The van der Waals surface area contributed by atoms with Gasteiger partial charge in [0.05, 0.1) is 22.4 Å². The Kier molecular flexibility index (Phi) is 6.53. The van der Waals surface area contributed by atoms with Crippen LogP contribution >= 0.6 is 22.9 Å². The number of nitrogens with one attached hydrogen (secondary N) is 1. The highest BCUT2D eigenvalue weighted by atomic mass is 35.5. The zero-order valence-electron chi connectivity index (χ0n) is 16.3. The van der Waals surface area contributed by atoms with E-state index in [0.29, 0.717) is 10.0 Å². The Morgan fingerprint density at radius 1 is 1.23 bits per heavy atom. The number of aromatic nitrogens is 2. The van der Waals surface area contributed by atoms with Crippen molar-refractivity contribution in [1.82, 2.24) is 10.2 Å². The van der Waals surface area contributed by atoms with Crippen LogP contribution in [0.25, 0.3) is 10.6 Å². The van der Waals surface area contributed by atoms with Crippen molar-refractivity contribution in [3.05, 3.63) is 63.2 Å². The molecule has 3 rings (SSSR count). The molecule has 1 amide bonds. The molecule has 0 saturated carbocycles. The fourth-order valence-corrected chi connectivity index (χ4v) is 4.53. The summed E-state index contributed by atoms with van der Waals surface area (Å²) >= 11 is 6.97. The van der Waals surface area contributed by atoms with Gasteiger partial charge in [-0.3, -0.25) is 24.5 Å². The molecule has 0 bridgehead atoms. The maximum absolute atomic E-state index is 12.5. The van der Waals surface area contributed by atoms with Gasteiger partial charge in [0.1, 0.15) is 11.6 Å². The molecule has 0 aliphatic carbocycles. The number of hydrogen-bond donors (Lipinski definition) is 1. The molecule has 0 unspecified atom stereocenters. The van der Waals surface area contributed by atoms with Crippen LogP contribution in [-0.4, -0.2) is 42.2 Å². The number of halogens is 1. The van der Waals surface area contributed by atoms with Crippen LogP contribution < -0.4 is 9.62 Å². The van der Waals surface area contributed by atoms with E-state index in [1.54, 1.807) is 24.3 Å². The number of carbonyl (C=O) groups is 1. The third-order valence-corrected chi connectivity index (χ3v) is 6.46. The Morgan fingerprint density at radius 3 is 2.52 bits per heavy atom. The van der Waals surface area contributed by atoms with E-state index in [1.165, 1.54) is 25.1 Å². The number of nitrogens with zero attached hydrogens (tertiary/aromatic N) is 4. The van der Waals surface area contributed by atoms with Crippen LogP contribution in [0.15, 0.2) is 42.5 Å². The SMILES string of the molecule is Cc1c(N(CC(=O)Nc2nnc(-c3ccc(Cl)cc3)s2)S(C)(=O)=O)cccc1[N+](=O)[O-]. The predicted molar refractivity (Wildman–Crippen MR) is 119 cm³/mol. The Bertz CT molecular complexity index is 1240. The Morgan fingerprint density at radius 2 is 1.90 bits per heavy atom. The van der Waals surface area contributed by atoms with Gasteiger partial charge in [0.2, 0.25) is 21.1 Å². The minimum Gasteiger partial charge on any atom is -0.299 e. The number of rotatable bonds is 7. The molecule has 0 spiro atoms. The molecule has 0 fully saturated rings. The molecule has 1 aromatic heterocycles. The van der Waals surface area contributed by atoms with Gasteiger partial charge in [0.15, 0.2) is 0 Å². The van der Waals surface area contributed by atoms with Crippen LogP contribution in [0.2, 0.25) is 5.02 Å². The number of sulfonamides is 1. The van der Waals surface area contributed by atoms with Crippen molar-refractivity contribution in [2.24, 2.45) is 0 Å². The summed E-state index contributed by atoms with van der Waals surface area (Å²) in [6.45, 7) is 0.837. The molecule has 31 heavy (non-hydrogen) atoms. The van der Waals surface area contributed by atoms with Crippen molar-refractivity contribution in [2.75, 3.05) is 22.4 Å². The lowest BCUT2D eigenvalue weighted by molar-refractivity contribution is -0.385. The predicted octanol–water partition coefficient (Wildman–Crippen LogP) is 3.48. The maximum atomic E-state index is 12.5. The molecule has 10 nitrogen and oxygen atoms in total. The Balaban J connectivity index is 1.81. The molecule has 0 atom stereocenters. The van der Waals surface area contributed by atoms with Gasteiger partial charge in [0.25, 0.3) is 5.69 Å². The van der Waals surface area contributed by atoms with Gasteiger partial charge in [-0.25, -0.2) is 8.42 Å². The summed E-state index contributed by atoms with van der Waals surface area (Å²) < 4.78 is 25.4. The summed E-state index contributed by atoms with van der Waals surface area (Å²) in [5.74, 6) is -0.671. The quantitative estimate of drug-likeness (QED) is 0.403. The summed E-state index contributed by atoms with van der Waals surface area (Å²) in [4.78, 5) is 23.1. The van der Waals surface area contributed by atoms with Gasteiger partial charge < -0.3 is 0 Å². The lowest BCUT2D eigenvalue weighted by Crippen LogP contribution is -2.38. The van der Waals surface area contributed by atoms with E-state index in [-0.39, 0.29) is 22.1 Å². The molecule has 1 heterocycles. The fraction of sp³-hybridized carbons (Fsp3) is 0.167. The summed E-state index contributed by atoms with van der Waals surface area (Å²) in [5, 5.41) is 22.9. The molecule has 0 aliphatic heterocycles. The first-order chi connectivity index (χ1) is 14.6. The average Bonchev–Trinajstić information content (AvgIpc) is 3.14. The largest absolute Gasteiger partial charge is 0.299 e. The van der Waals surface area contributed by atoms with Crippen LogP contribution in [0.3, 0.4) is 0 Å². The number of anilines is 2. The van der Waals surface area contributed by atoms with Gasteiger partial charge in [-0.1, -0.05) is 41.1 Å². The first-order valence-electron chi connectivity index (χ1n) is 8.67. The fourth-order valence-electron chi connectivity index (χ4n) is 2.73. The van der Waals surface area contributed by atoms with Crippen LogP contribution in [0, 0.1) is 17.0 Å². The molecule has 13 heteroatoms. The van der Waals surface area contributed by atoms with Gasteiger partial charge >= 0.3 is 0 Å². The second-order valence-electron chi connectivity index (χ2n) is 6.42. The molecule has 0 aliphatic rings. The molecule has 2 aromatic carbocycles. The van der Waals surface area contributed by atoms with Crippen LogP contribution in [0.1, 0.15) is 5.56 Å². The van der Waals surface area contributed by atoms with Gasteiger partial charge in [-0.15, -0.1) is 10.2 Å². The number of nitro groups is 1. The van der Waals surface area contributed by atoms with E-state index >= 15 is 0 Å². The Labute approximate surface area is 186 Å². The highest BCUT2D eigenvalue weighted by Crippen LogP contribution is 2.30. The number of nitro benzene ring substituents is 1. The first kappa shape index (κ1) is 22.6. The molecule has 1 N–H and O–H groups in total. The summed E-state index contributed by atoms with van der Waals surface area (Å²) in [7, 11) is -3.91. The lowest BCUT2D eigenvalue weighted by atomic mass is 10.1. The summed E-state index contributed by atoms with van der Waals surface area (Å²) in [5.41, 5.74) is 0.688.